The molecule has 0 saturated heterocycles. The number of nitrogens with zero attached hydrogens (tertiary/aromatic N) is 8. The normalized spacial score (nSPS) is 13.2. The van der Waals surface area contributed by atoms with Gasteiger partial charge in [-0.05, 0) is 50.8 Å². The molecule has 3 heterocycles. The van der Waals surface area contributed by atoms with Crippen LogP contribution in [0.4, 0.5) is 20.6 Å². The van der Waals surface area contributed by atoms with Gasteiger partial charge in [0.25, 0.3) is 0 Å². The summed E-state index contributed by atoms with van der Waals surface area (Å²) in [5.41, 5.74) is 2.94. The molecule has 3 aromatic heterocycles. The Labute approximate surface area is 279 Å². The third kappa shape index (κ3) is 7.42. The predicted octanol–water partition coefficient (Wildman–Crippen LogP) is 6.91. The number of aryl methyl sites for hydroxylation is 1. The van der Waals surface area contributed by atoms with Gasteiger partial charge in [0, 0.05) is 41.7 Å². The van der Waals surface area contributed by atoms with Crippen LogP contribution in [-0.2, 0) is 9.47 Å². The fourth-order valence-corrected chi connectivity index (χ4v) is 5.02. The number of aromatic nitrogens is 5. The topological polar surface area (TPSA) is 155 Å². The van der Waals surface area contributed by atoms with E-state index in [0.29, 0.717) is 45.7 Å². The van der Waals surface area contributed by atoms with E-state index < -0.39 is 24.2 Å². The van der Waals surface area contributed by atoms with Gasteiger partial charge >= 0.3 is 6.09 Å². The van der Waals surface area contributed by atoms with Crippen molar-refractivity contribution in [3.63, 3.8) is 0 Å². The van der Waals surface area contributed by atoms with E-state index in [4.69, 9.17) is 9.47 Å². The maximum absolute atomic E-state index is 14.4. The summed E-state index contributed by atoms with van der Waals surface area (Å²) in [6.45, 7) is 17.6. The molecule has 4 aromatic rings. The Hall–Kier alpha value is -5.40. The number of halogens is 1. The summed E-state index contributed by atoms with van der Waals surface area (Å²) in [6, 6.07) is 9.16. The van der Waals surface area contributed by atoms with Crippen molar-refractivity contribution in [1.29, 1.82) is 10.5 Å². The molecule has 3 atom stereocenters. The summed E-state index contributed by atoms with van der Waals surface area (Å²) in [7, 11) is 1.49. The number of hydrogen-bond acceptors (Lipinski definition) is 10. The molecule has 1 amide bonds. The predicted molar refractivity (Wildman–Crippen MR) is 180 cm³/mol. The molecular weight excluding hydrogens is 613 g/mol. The Morgan fingerprint density at radius 3 is 2.50 bits per heavy atom. The molecule has 13 heteroatoms. The van der Waals surface area contributed by atoms with E-state index in [1.807, 2.05) is 13.8 Å². The third-order valence-electron chi connectivity index (χ3n) is 8.20. The first-order chi connectivity index (χ1) is 22.7. The summed E-state index contributed by atoms with van der Waals surface area (Å²) in [5, 5.41) is 33.0. The molecule has 0 saturated carbocycles. The average Bonchev–Trinajstić information content (AvgIpc) is 3.52. The largest absolute Gasteiger partial charge is 0.444 e. The zero-order valence-electron chi connectivity index (χ0n) is 28.5. The van der Waals surface area contributed by atoms with Gasteiger partial charge in [-0.15, -0.1) is 5.10 Å². The molecule has 4 rings (SSSR count). The first-order valence-corrected chi connectivity index (χ1v) is 15.5. The Balaban J connectivity index is 2.09. The van der Waals surface area contributed by atoms with Crippen molar-refractivity contribution < 1.29 is 18.7 Å². The molecular formula is C35H40FN9O3. The van der Waals surface area contributed by atoms with Crippen LogP contribution in [0.1, 0.15) is 82.1 Å². The van der Waals surface area contributed by atoms with Crippen LogP contribution in [0.15, 0.2) is 43.2 Å². The van der Waals surface area contributed by atoms with Gasteiger partial charge < -0.3 is 14.8 Å². The van der Waals surface area contributed by atoms with Crippen molar-refractivity contribution in [3.05, 3.63) is 77.3 Å². The van der Waals surface area contributed by atoms with Crippen LogP contribution in [-0.4, -0.2) is 56.9 Å². The standard InChI is InChI=1S/C35H40FN9O3/c1-10-20(2)44-18-29(42-43-44)33(27-11-12-30(36)40-22(27)4)45(34(46)48-21(3)19-47-9)26-13-24(15-37)31-28(14-26)32(25(16-38)17-39-31)41-23(5)35(6,7)8/h11-14,17-18,21,23,33H,2,10,19H2,1,3-9H3,(H,39,41)/t21-,23-,33+/m1/s1. The molecule has 0 aliphatic heterocycles. The van der Waals surface area contributed by atoms with Gasteiger partial charge in [-0.1, -0.05) is 45.6 Å². The number of nitriles is 2. The Morgan fingerprint density at radius 1 is 1.19 bits per heavy atom. The molecule has 48 heavy (non-hydrogen) atoms. The van der Waals surface area contributed by atoms with E-state index in [-0.39, 0.29) is 34.9 Å². The molecule has 0 spiro atoms. The Kier molecular flexibility index (Phi) is 10.8. The van der Waals surface area contributed by atoms with Gasteiger partial charge in [-0.2, -0.15) is 14.9 Å². The number of allylic oxidation sites excluding steroid dienone is 1. The fraction of sp³-hybridized carbons (Fsp3) is 0.400. The first kappa shape index (κ1) is 35.5. The summed E-state index contributed by atoms with van der Waals surface area (Å²) in [4.78, 5) is 24.2. The van der Waals surface area contributed by atoms with Crippen LogP contribution in [0.3, 0.4) is 0 Å². The summed E-state index contributed by atoms with van der Waals surface area (Å²) in [5.74, 6) is -0.697. The van der Waals surface area contributed by atoms with Crippen LogP contribution < -0.4 is 10.2 Å². The van der Waals surface area contributed by atoms with Crippen molar-refractivity contribution in [2.75, 3.05) is 23.9 Å². The van der Waals surface area contributed by atoms with Gasteiger partial charge in [0.05, 0.1) is 40.8 Å². The van der Waals surface area contributed by atoms with E-state index >= 15 is 0 Å². The number of hydrogen-bond donors (Lipinski definition) is 1. The summed E-state index contributed by atoms with van der Waals surface area (Å²) >= 11 is 0. The average molecular weight is 654 g/mol. The molecule has 0 fully saturated rings. The summed E-state index contributed by atoms with van der Waals surface area (Å²) in [6.07, 6.45) is 2.17. The number of fused-ring (bicyclic) bond motifs is 1. The zero-order valence-corrected chi connectivity index (χ0v) is 28.5. The first-order valence-electron chi connectivity index (χ1n) is 15.5. The molecule has 1 N–H and O–H groups in total. The van der Waals surface area contributed by atoms with Crippen molar-refractivity contribution in [1.82, 2.24) is 25.0 Å². The highest BCUT2D eigenvalue weighted by atomic mass is 19.1. The number of amides is 1. The van der Waals surface area contributed by atoms with E-state index in [1.54, 1.807) is 26.1 Å². The van der Waals surface area contributed by atoms with Crippen LogP contribution >= 0.6 is 0 Å². The van der Waals surface area contributed by atoms with Gasteiger partial charge in [0.1, 0.15) is 30.0 Å². The SMILES string of the molecule is C=C(CC)n1cc([C@H](c2ccc(F)nc2C)N(C(=O)O[C@H](C)COC)c2cc(C#N)c3ncc(C#N)c(N[C@H](C)C(C)(C)C)c3c2)nn1. The zero-order chi connectivity index (χ0) is 35.3. The minimum absolute atomic E-state index is 0.109. The Morgan fingerprint density at radius 2 is 1.90 bits per heavy atom. The van der Waals surface area contributed by atoms with Crippen molar-refractivity contribution >= 4 is 34.1 Å². The highest BCUT2D eigenvalue weighted by Crippen LogP contribution is 2.39. The second kappa shape index (κ2) is 14.6. The van der Waals surface area contributed by atoms with Crippen molar-refractivity contribution in [2.24, 2.45) is 5.41 Å². The monoisotopic (exact) mass is 653 g/mol. The quantitative estimate of drug-likeness (QED) is 0.169. The highest BCUT2D eigenvalue weighted by Gasteiger charge is 2.35. The van der Waals surface area contributed by atoms with Crippen molar-refractivity contribution in [3.8, 4) is 12.1 Å². The van der Waals surface area contributed by atoms with Crippen LogP contribution in [0.25, 0.3) is 16.6 Å². The number of benzene rings is 1. The number of methoxy groups -OCH3 is 1. The number of carbonyl (C=O) groups excluding carboxylic acids is 1. The lowest BCUT2D eigenvalue weighted by Crippen LogP contribution is -2.39. The molecule has 12 nitrogen and oxygen atoms in total. The number of carbonyl (C=O) groups is 1. The Bertz CT molecular complexity index is 1920. The number of ether oxygens (including phenoxy) is 2. The number of nitrogens with one attached hydrogen (secondary N) is 1. The van der Waals surface area contributed by atoms with E-state index in [9.17, 15) is 19.7 Å². The number of anilines is 2. The van der Waals surface area contributed by atoms with E-state index in [1.165, 1.54) is 41.1 Å². The fourth-order valence-electron chi connectivity index (χ4n) is 5.02. The molecule has 250 valence electrons. The molecule has 0 unspecified atom stereocenters. The molecule has 0 radical (unpaired) electrons. The maximum atomic E-state index is 14.4. The lowest BCUT2D eigenvalue weighted by atomic mass is 9.87. The minimum Gasteiger partial charge on any atom is -0.444 e. The van der Waals surface area contributed by atoms with Gasteiger partial charge in [-0.3, -0.25) is 9.88 Å². The van der Waals surface area contributed by atoms with E-state index in [0.717, 1.165) is 0 Å². The highest BCUT2D eigenvalue weighted by molar-refractivity contribution is 6.01. The lowest BCUT2D eigenvalue weighted by Gasteiger charge is -2.32. The van der Waals surface area contributed by atoms with Crippen LogP contribution in [0, 0.1) is 40.9 Å². The molecule has 0 bridgehead atoms. The van der Waals surface area contributed by atoms with E-state index in [2.05, 4.69) is 65.1 Å². The number of rotatable bonds is 11. The van der Waals surface area contributed by atoms with Gasteiger partial charge in [-0.25, -0.2) is 14.5 Å². The molecule has 0 aliphatic rings. The maximum Gasteiger partial charge on any atom is 0.415 e. The van der Waals surface area contributed by atoms with Crippen LogP contribution in [0.5, 0.6) is 0 Å². The second-order valence-corrected chi connectivity index (χ2v) is 12.6. The molecule has 1 aromatic carbocycles. The minimum atomic E-state index is -1.06. The van der Waals surface area contributed by atoms with Crippen molar-refractivity contribution in [2.45, 2.75) is 73.1 Å². The number of pyridine rings is 2. The van der Waals surface area contributed by atoms with Gasteiger partial charge in [0.2, 0.25) is 5.95 Å². The van der Waals surface area contributed by atoms with Crippen LogP contribution in [0.2, 0.25) is 0 Å². The smallest absolute Gasteiger partial charge is 0.415 e. The lowest BCUT2D eigenvalue weighted by molar-refractivity contribution is 0.0520. The van der Waals surface area contributed by atoms with Gasteiger partial charge in [0.15, 0.2) is 0 Å². The third-order valence-corrected chi connectivity index (χ3v) is 8.20. The second-order valence-electron chi connectivity index (χ2n) is 12.6. The summed E-state index contributed by atoms with van der Waals surface area (Å²) < 4.78 is 26.9. The molecule has 0 aliphatic carbocycles.